The Kier molecular flexibility index (Phi) is 5.61. The molecule has 4 heteroatoms. The Morgan fingerprint density at radius 2 is 2.25 bits per heavy atom. The van der Waals surface area contributed by atoms with Gasteiger partial charge in [0.15, 0.2) is 0 Å². The molecule has 1 aromatic rings. The maximum Gasteiger partial charge on any atom is 0.241 e. The van der Waals surface area contributed by atoms with Crippen LogP contribution in [0, 0.1) is 6.92 Å². The Labute approximate surface area is 97.0 Å². The van der Waals surface area contributed by atoms with Crippen LogP contribution in [0.5, 0.6) is 0 Å². The highest BCUT2D eigenvalue weighted by Gasteiger charge is 2.03. The number of aromatic nitrogens is 2. The molecule has 0 spiro atoms. The van der Waals surface area contributed by atoms with Gasteiger partial charge in [0.2, 0.25) is 5.91 Å². The molecule has 0 bridgehead atoms. The van der Waals surface area contributed by atoms with Crippen LogP contribution >= 0.6 is 0 Å². The third kappa shape index (κ3) is 4.47. The van der Waals surface area contributed by atoms with Crippen molar-refractivity contribution in [1.29, 1.82) is 0 Å². The Bertz CT molecular complexity index is 320. The number of nitrogens with one attached hydrogen (secondary N) is 1. The zero-order valence-corrected chi connectivity index (χ0v) is 10.2. The molecule has 1 aromatic heterocycles. The highest BCUT2D eigenvalue weighted by atomic mass is 16.2. The van der Waals surface area contributed by atoms with E-state index < -0.39 is 0 Å². The smallest absolute Gasteiger partial charge is 0.241 e. The van der Waals surface area contributed by atoms with Gasteiger partial charge < -0.3 is 5.32 Å². The number of carbonyl (C=O) groups excluding carboxylic acids is 1. The van der Waals surface area contributed by atoms with Gasteiger partial charge in [0, 0.05) is 18.4 Å². The van der Waals surface area contributed by atoms with Gasteiger partial charge in [-0.15, -0.1) is 0 Å². The summed E-state index contributed by atoms with van der Waals surface area (Å²) in [5.74, 6) is 0.0447. The van der Waals surface area contributed by atoms with E-state index in [4.69, 9.17) is 0 Å². The van der Waals surface area contributed by atoms with Gasteiger partial charge in [-0.1, -0.05) is 26.2 Å². The van der Waals surface area contributed by atoms with Gasteiger partial charge in [0.05, 0.1) is 0 Å². The van der Waals surface area contributed by atoms with Crippen molar-refractivity contribution >= 4 is 5.91 Å². The Balaban J connectivity index is 2.14. The third-order valence-corrected chi connectivity index (χ3v) is 2.57. The van der Waals surface area contributed by atoms with Crippen molar-refractivity contribution in [3.05, 3.63) is 18.0 Å². The number of aryl methyl sites for hydroxylation is 1. The summed E-state index contributed by atoms with van der Waals surface area (Å²) in [5.41, 5.74) is 1.01. The van der Waals surface area contributed by atoms with E-state index in [-0.39, 0.29) is 5.91 Å². The second-order valence-corrected chi connectivity index (χ2v) is 4.04. The quantitative estimate of drug-likeness (QED) is 0.717. The molecule has 0 atom stereocenters. The fraction of sp³-hybridized carbons (Fsp3) is 0.667. The number of unbranched alkanes of at least 4 members (excludes halogenated alkanes) is 3. The highest BCUT2D eigenvalue weighted by Crippen LogP contribution is 1.98. The molecule has 0 radical (unpaired) electrons. The third-order valence-electron chi connectivity index (χ3n) is 2.57. The molecule has 1 heterocycles. The van der Waals surface area contributed by atoms with Crippen LogP contribution in [-0.4, -0.2) is 22.2 Å². The Morgan fingerprint density at radius 1 is 1.44 bits per heavy atom. The first-order valence-corrected chi connectivity index (χ1v) is 5.99. The van der Waals surface area contributed by atoms with Crippen molar-refractivity contribution < 1.29 is 4.79 Å². The van der Waals surface area contributed by atoms with Crippen LogP contribution in [0.3, 0.4) is 0 Å². The number of carbonyl (C=O) groups is 1. The van der Waals surface area contributed by atoms with E-state index in [2.05, 4.69) is 17.3 Å². The van der Waals surface area contributed by atoms with Gasteiger partial charge >= 0.3 is 0 Å². The lowest BCUT2D eigenvalue weighted by Gasteiger charge is -2.06. The first-order chi connectivity index (χ1) is 7.74. The van der Waals surface area contributed by atoms with E-state index in [1.54, 1.807) is 10.9 Å². The van der Waals surface area contributed by atoms with Gasteiger partial charge in [-0.05, 0) is 19.4 Å². The van der Waals surface area contributed by atoms with Gasteiger partial charge in [-0.25, -0.2) is 0 Å². The highest BCUT2D eigenvalue weighted by molar-refractivity contribution is 5.75. The van der Waals surface area contributed by atoms with Crippen molar-refractivity contribution in [1.82, 2.24) is 15.1 Å². The van der Waals surface area contributed by atoms with Crippen LogP contribution in [0.4, 0.5) is 0 Å². The Morgan fingerprint density at radius 3 is 2.88 bits per heavy atom. The number of amides is 1. The number of rotatable bonds is 7. The fourth-order valence-corrected chi connectivity index (χ4v) is 1.54. The van der Waals surface area contributed by atoms with E-state index in [1.807, 2.05) is 13.0 Å². The average Bonchev–Trinajstić information content (AvgIpc) is 2.64. The lowest BCUT2D eigenvalue weighted by Crippen LogP contribution is -2.29. The van der Waals surface area contributed by atoms with Crippen LogP contribution < -0.4 is 5.32 Å². The largest absolute Gasteiger partial charge is 0.354 e. The first-order valence-electron chi connectivity index (χ1n) is 5.99. The molecule has 0 aliphatic carbocycles. The summed E-state index contributed by atoms with van der Waals surface area (Å²) < 4.78 is 1.71. The molecule has 0 aliphatic rings. The molecule has 0 aromatic carbocycles. The lowest BCUT2D eigenvalue weighted by molar-refractivity contribution is -0.121. The Hall–Kier alpha value is -1.32. The maximum atomic E-state index is 11.5. The summed E-state index contributed by atoms with van der Waals surface area (Å²) in [5, 5.41) is 6.98. The maximum absolute atomic E-state index is 11.5. The van der Waals surface area contributed by atoms with Crippen LogP contribution in [-0.2, 0) is 11.3 Å². The summed E-state index contributed by atoms with van der Waals surface area (Å²) in [6.07, 6.45) is 6.44. The topological polar surface area (TPSA) is 46.9 Å². The molecule has 1 N–H and O–H groups in total. The van der Waals surface area contributed by atoms with Crippen LogP contribution in [0.1, 0.15) is 38.3 Å². The second-order valence-electron chi connectivity index (χ2n) is 4.04. The normalized spacial score (nSPS) is 10.4. The minimum Gasteiger partial charge on any atom is -0.354 e. The van der Waals surface area contributed by atoms with E-state index >= 15 is 0 Å². The van der Waals surface area contributed by atoms with E-state index in [9.17, 15) is 4.79 Å². The van der Waals surface area contributed by atoms with E-state index in [0.29, 0.717) is 6.54 Å². The molecule has 0 saturated carbocycles. The second kappa shape index (κ2) is 7.04. The molecule has 0 aliphatic heterocycles. The van der Waals surface area contributed by atoms with Crippen molar-refractivity contribution in [2.75, 3.05) is 6.54 Å². The summed E-state index contributed by atoms with van der Waals surface area (Å²) in [6.45, 7) is 5.23. The van der Waals surface area contributed by atoms with Gasteiger partial charge in [-0.2, -0.15) is 5.10 Å². The monoisotopic (exact) mass is 223 g/mol. The molecule has 0 unspecified atom stereocenters. The van der Waals surface area contributed by atoms with Crippen molar-refractivity contribution in [2.24, 2.45) is 0 Å². The minimum atomic E-state index is 0.0447. The summed E-state index contributed by atoms with van der Waals surface area (Å²) in [7, 11) is 0. The zero-order chi connectivity index (χ0) is 11.8. The standard InChI is InChI=1S/C12H21N3O/c1-3-4-5-6-8-13-12(16)10-15-11(2)7-9-14-15/h7,9H,3-6,8,10H2,1-2H3,(H,13,16). The average molecular weight is 223 g/mol. The lowest BCUT2D eigenvalue weighted by atomic mass is 10.2. The zero-order valence-electron chi connectivity index (χ0n) is 10.2. The van der Waals surface area contributed by atoms with Crippen LogP contribution in [0.2, 0.25) is 0 Å². The molecular formula is C12H21N3O. The summed E-state index contributed by atoms with van der Waals surface area (Å²) in [4.78, 5) is 11.5. The van der Waals surface area contributed by atoms with Crippen LogP contribution in [0.15, 0.2) is 12.3 Å². The summed E-state index contributed by atoms with van der Waals surface area (Å²) in [6, 6.07) is 1.90. The fourth-order valence-electron chi connectivity index (χ4n) is 1.54. The van der Waals surface area contributed by atoms with E-state index in [1.165, 1.54) is 19.3 Å². The molecular weight excluding hydrogens is 202 g/mol. The number of hydrogen-bond donors (Lipinski definition) is 1. The summed E-state index contributed by atoms with van der Waals surface area (Å²) >= 11 is 0. The predicted octanol–water partition coefficient (Wildman–Crippen LogP) is 1.89. The molecule has 1 rings (SSSR count). The molecule has 1 amide bonds. The molecule has 0 saturated heterocycles. The SMILES string of the molecule is CCCCCCNC(=O)Cn1nccc1C. The molecule has 4 nitrogen and oxygen atoms in total. The van der Waals surface area contributed by atoms with Crippen molar-refractivity contribution in [3.63, 3.8) is 0 Å². The predicted molar refractivity (Wildman–Crippen MR) is 64.1 cm³/mol. The molecule has 0 fully saturated rings. The van der Waals surface area contributed by atoms with Gasteiger partial charge in [-0.3, -0.25) is 9.48 Å². The molecule has 90 valence electrons. The van der Waals surface area contributed by atoms with Gasteiger partial charge in [0.25, 0.3) is 0 Å². The van der Waals surface area contributed by atoms with E-state index in [0.717, 1.165) is 18.7 Å². The minimum absolute atomic E-state index is 0.0447. The number of hydrogen-bond acceptors (Lipinski definition) is 2. The van der Waals surface area contributed by atoms with Crippen molar-refractivity contribution in [2.45, 2.75) is 46.1 Å². The first kappa shape index (κ1) is 12.7. The van der Waals surface area contributed by atoms with Gasteiger partial charge in [0.1, 0.15) is 6.54 Å². The van der Waals surface area contributed by atoms with Crippen molar-refractivity contribution in [3.8, 4) is 0 Å². The van der Waals surface area contributed by atoms with Crippen LogP contribution in [0.25, 0.3) is 0 Å². The molecule has 16 heavy (non-hydrogen) atoms. The number of nitrogens with zero attached hydrogens (tertiary/aromatic N) is 2.